The number of amides is 1. The standard InChI is InChI=1S/C31H32Cl2N4O5S/c1-18(2)29-24-12-11-23(42-5)15-20(24)13-14-36(29)30(38)21-16-25(32)27(33)26(17-21)43(40,41)34-28-19(3)35(4)37(31(28)39)22-9-7-6-8-10-22/h6-12,15-18,29,34H,13-14H2,1-5H3. The number of nitrogens with zero attached hydrogens (tertiary/aromatic N) is 3. The smallest absolute Gasteiger partial charge is 0.296 e. The van der Waals surface area contributed by atoms with Crippen LogP contribution in [-0.4, -0.2) is 42.2 Å². The molecule has 0 aliphatic carbocycles. The summed E-state index contributed by atoms with van der Waals surface area (Å²) >= 11 is 12.8. The normalized spacial score (nSPS) is 15.0. The number of methoxy groups -OCH3 is 1. The molecule has 9 nitrogen and oxygen atoms in total. The van der Waals surface area contributed by atoms with E-state index in [1.54, 1.807) is 54.9 Å². The second-order valence-corrected chi connectivity index (χ2v) is 13.3. The zero-order valence-electron chi connectivity index (χ0n) is 24.4. The summed E-state index contributed by atoms with van der Waals surface area (Å²) < 4.78 is 38.2. The van der Waals surface area contributed by atoms with E-state index in [1.807, 2.05) is 38.1 Å². The molecule has 1 N–H and O–H groups in total. The van der Waals surface area contributed by atoms with Crippen molar-refractivity contribution in [3.63, 3.8) is 0 Å². The SMILES string of the molecule is COc1ccc2c(c1)CCN(C(=O)c1cc(Cl)c(Cl)c(S(=O)(=O)Nc3c(C)n(C)n(-c4ccccc4)c3=O)c1)C2C(C)C. The van der Waals surface area contributed by atoms with Gasteiger partial charge < -0.3 is 9.64 Å². The van der Waals surface area contributed by atoms with Gasteiger partial charge in [-0.05, 0) is 66.8 Å². The van der Waals surface area contributed by atoms with Crippen molar-refractivity contribution in [2.45, 2.75) is 38.1 Å². The highest BCUT2D eigenvalue weighted by Crippen LogP contribution is 2.39. The largest absolute Gasteiger partial charge is 0.497 e. The van der Waals surface area contributed by atoms with E-state index in [4.69, 9.17) is 27.9 Å². The fourth-order valence-electron chi connectivity index (χ4n) is 5.63. The average molecular weight is 644 g/mol. The molecule has 4 aromatic rings. The van der Waals surface area contributed by atoms with Crippen LogP contribution in [0.25, 0.3) is 5.69 Å². The molecule has 1 atom stereocenters. The maximum absolute atomic E-state index is 14.0. The van der Waals surface area contributed by atoms with Crippen LogP contribution in [-0.2, 0) is 23.5 Å². The Hall–Kier alpha value is -3.73. The number of fused-ring (bicyclic) bond motifs is 1. The van der Waals surface area contributed by atoms with Gasteiger partial charge in [-0.15, -0.1) is 0 Å². The first-order valence-electron chi connectivity index (χ1n) is 13.7. The number of ether oxygens (including phenoxy) is 1. The number of hydrogen-bond acceptors (Lipinski definition) is 5. The lowest BCUT2D eigenvalue weighted by Gasteiger charge is -2.40. The highest BCUT2D eigenvalue weighted by Gasteiger charge is 2.35. The van der Waals surface area contributed by atoms with Crippen molar-refractivity contribution >= 4 is 44.8 Å². The Morgan fingerprint density at radius 1 is 1.07 bits per heavy atom. The third-order valence-electron chi connectivity index (χ3n) is 7.84. The number of nitrogens with one attached hydrogen (secondary N) is 1. The number of carbonyl (C=O) groups excluding carboxylic acids is 1. The molecule has 226 valence electrons. The summed E-state index contributed by atoms with van der Waals surface area (Å²) in [5, 5.41) is -0.346. The molecule has 0 bridgehead atoms. The molecule has 0 saturated heterocycles. The van der Waals surface area contributed by atoms with E-state index in [-0.39, 0.29) is 39.2 Å². The highest BCUT2D eigenvalue weighted by molar-refractivity contribution is 7.92. The predicted molar refractivity (Wildman–Crippen MR) is 168 cm³/mol. The van der Waals surface area contributed by atoms with Crippen molar-refractivity contribution in [3.05, 3.63) is 103 Å². The minimum absolute atomic E-state index is 0.0666. The van der Waals surface area contributed by atoms with Crippen LogP contribution in [0.5, 0.6) is 5.75 Å². The molecule has 0 saturated carbocycles. The zero-order valence-corrected chi connectivity index (χ0v) is 26.7. The van der Waals surface area contributed by atoms with Crippen LogP contribution in [0.1, 0.15) is 47.1 Å². The third kappa shape index (κ3) is 5.55. The first kappa shape index (κ1) is 30.7. The van der Waals surface area contributed by atoms with Crippen LogP contribution in [0.3, 0.4) is 0 Å². The van der Waals surface area contributed by atoms with Gasteiger partial charge in [-0.25, -0.2) is 13.1 Å². The molecule has 1 aliphatic rings. The molecule has 0 spiro atoms. The lowest BCUT2D eigenvalue weighted by Crippen LogP contribution is -2.42. The molecular formula is C31H32Cl2N4O5S. The van der Waals surface area contributed by atoms with Gasteiger partial charge in [0.15, 0.2) is 0 Å². The second kappa shape index (κ2) is 11.7. The van der Waals surface area contributed by atoms with Gasteiger partial charge in [-0.2, -0.15) is 0 Å². The monoisotopic (exact) mass is 642 g/mol. The molecule has 0 fully saturated rings. The molecular weight excluding hydrogens is 611 g/mol. The fourth-order valence-corrected chi connectivity index (χ4v) is 7.56. The van der Waals surface area contributed by atoms with Crippen molar-refractivity contribution in [3.8, 4) is 11.4 Å². The summed E-state index contributed by atoms with van der Waals surface area (Å²) in [7, 11) is -1.18. The van der Waals surface area contributed by atoms with Gasteiger partial charge in [0.2, 0.25) is 0 Å². The van der Waals surface area contributed by atoms with Crippen LogP contribution in [0.2, 0.25) is 10.0 Å². The number of para-hydroxylation sites is 1. The number of hydrogen-bond donors (Lipinski definition) is 1. The van der Waals surface area contributed by atoms with Crippen molar-refractivity contribution in [2.24, 2.45) is 13.0 Å². The van der Waals surface area contributed by atoms with Gasteiger partial charge in [-0.1, -0.05) is 61.3 Å². The number of aromatic nitrogens is 2. The summed E-state index contributed by atoms with van der Waals surface area (Å²) in [6.45, 7) is 6.11. The first-order valence-corrected chi connectivity index (χ1v) is 15.9. The number of anilines is 1. The van der Waals surface area contributed by atoms with Crippen LogP contribution >= 0.6 is 23.2 Å². The summed E-state index contributed by atoms with van der Waals surface area (Å²) in [5.41, 5.74) is 2.44. The molecule has 1 aliphatic heterocycles. The molecule has 5 rings (SSSR count). The van der Waals surface area contributed by atoms with Crippen molar-refractivity contribution < 1.29 is 17.9 Å². The molecule has 1 amide bonds. The van der Waals surface area contributed by atoms with E-state index in [9.17, 15) is 18.0 Å². The number of carbonyl (C=O) groups is 1. The van der Waals surface area contributed by atoms with Crippen molar-refractivity contribution in [1.29, 1.82) is 0 Å². The van der Waals surface area contributed by atoms with E-state index >= 15 is 0 Å². The second-order valence-electron chi connectivity index (χ2n) is 10.8. The van der Waals surface area contributed by atoms with Gasteiger partial charge in [0.1, 0.15) is 16.3 Å². The van der Waals surface area contributed by atoms with Crippen molar-refractivity contribution in [2.75, 3.05) is 18.4 Å². The topological polar surface area (TPSA) is 103 Å². The predicted octanol–water partition coefficient (Wildman–Crippen LogP) is 6.00. The first-order chi connectivity index (χ1) is 20.4. The van der Waals surface area contributed by atoms with Crippen LogP contribution < -0.4 is 15.0 Å². The molecule has 3 aromatic carbocycles. The van der Waals surface area contributed by atoms with Gasteiger partial charge in [0.25, 0.3) is 21.5 Å². The minimum atomic E-state index is -4.45. The van der Waals surface area contributed by atoms with Crippen LogP contribution in [0.4, 0.5) is 5.69 Å². The summed E-state index contributed by atoms with van der Waals surface area (Å²) in [5.74, 6) is 0.437. The Balaban J connectivity index is 1.52. The van der Waals surface area contributed by atoms with E-state index in [0.29, 0.717) is 24.3 Å². The van der Waals surface area contributed by atoms with Gasteiger partial charge in [0.05, 0.1) is 34.6 Å². The Morgan fingerprint density at radius 2 is 1.77 bits per heavy atom. The molecule has 1 unspecified atom stereocenters. The molecule has 0 radical (unpaired) electrons. The van der Waals surface area contributed by atoms with Crippen LogP contribution in [0.15, 0.2) is 70.4 Å². The van der Waals surface area contributed by atoms with Crippen LogP contribution in [0, 0.1) is 12.8 Å². The lowest BCUT2D eigenvalue weighted by atomic mass is 9.85. The van der Waals surface area contributed by atoms with Crippen molar-refractivity contribution in [1.82, 2.24) is 14.3 Å². The molecule has 12 heteroatoms. The Morgan fingerprint density at radius 3 is 2.42 bits per heavy atom. The number of halogens is 2. The summed E-state index contributed by atoms with van der Waals surface area (Å²) in [4.78, 5) is 28.7. The van der Waals surface area contributed by atoms with E-state index in [0.717, 1.165) is 16.9 Å². The summed E-state index contributed by atoms with van der Waals surface area (Å²) in [6.07, 6.45) is 0.608. The summed E-state index contributed by atoms with van der Waals surface area (Å²) in [6, 6.07) is 17.0. The quantitative estimate of drug-likeness (QED) is 0.266. The number of sulfonamides is 1. The van der Waals surface area contributed by atoms with Gasteiger partial charge in [0, 0.05) is 19.2 Å². The maximum Gasteiger partial charge on any atom is 0.296 e. The average Bonchev–Trinajstić information content (AvgIpc) is 3.19. The highest BCUT2D eigenvalue weighted by atomic mass is 35.5. The number of benzene rings is 3. The maximum atomic E-state index is 14.0. The fraction of sp³-hybridized carbons (Fsp3) is 0.290. The Kier molecular flexibility index (Phi) is 8.39. The Labute approximate surface area is 260 Å². The third-order valence-corrected chi connectivity index (χ3v) is 10.1. The van der Waals surface area contributed by atoms with E-state index < -0.39 is 20.5 Å². The molecule has 43 heavy (non-hydrogen) atoms. The molecule has 1 aromatic heterocycles. The Bertz CT molecular complexity index is 1880. The van der Waals surface area contributed by atoms with Gasteiger partial charge in [-0.3, -0.25) is 19.0 Å². The van der Waals surface area contributed by atoms with E-state index in [1.165, 1.54) is 16.8 Å². The minimum Gasteiger partial charge on any atom is -0.497 e. The van der Waals surface area contributed by atoms with Gasteiger partial charge >= 0.3 is 0 Å². The zero-order chi connectivity index (χ0) is 31.2. The number of rotatable bonds is 7. The lowest BCUT2D eigenvalue weighted by molar-refractivity contribution is 0.0603. The van der Waals surface area contributed by atoms with E-state index in [2.05, 4.69) is 4.72 Å². The molecule has 2 heterocycles.